The molecule has 80 valence electrons. The Morgan fingerprint density at radius 2 is 2.13 bits per heavy atom. The summed E-state index contributed by atoms with van der Waals surface area (Å²) in [6.45, 7) is 2.80. The molecule has 0 radical (unpaired) electrons. The van der Waals surface area contributed by atoms with Crippen molar-refractivity contribution in [3.8, 4) is 0 Å². The van der Waals surface area contributed by atoms with Crippen LogP contribution in [0.4, 0.5) is 5.69 Å². The summed E-state index contributed by atoms with van der Waals surface area (Å²) in [6, 6.07) is 3.69. The van der Waals surface area contributed by atoms with E-state index in [1.165, 1.54) is 0 Å². The topological polar surface area (TPSA) is 24.4 Å². The minimum Gasteiger partial charge on any atom is -0.334 e. The lowest BCUT2D eigenvalue weighted by Crippen LogP contribution is -2.05. The zero-order chi connectivity index (χ0) is 10.8. The summed E-state index contributed by atoms with van der Waals surface area (Å²) < 4.78 is 0. The highest BCUT2D eigenvalue weighted by Gasteiger charge is 2.10. The number of rotatable bonds is 1. The van der Waals surface area contributed by atoms with Crippen LogP contribution in [0.1, 0.15) is 5.56 Å². The van der Waals surface area contributed by atoms with Crippen molar-refractivity contribution in [3.63, 3.8) is 0 Å². The van der Waals surface area contributed by atoms with Crippen molar-refractivity contribution in [2.75, 3.05) is 17.6 Å². The normalized spacial score (nSPS) is 15.3. The third-order valence-corrected chi connectivity index (χ3v) is 3.69. The number of thioether (sulfide) groups is 1. The van der Waals surface area contributed by atoms with Crippen molar-refractivity contribution < 1.29 is 0 Å². The Morgan fingerprint density at radius 1 is 1.33 bits per heavy atom. The minimum absolute atomic E-state index is 0.673. The molecule has 0 amide bonds. The summed E-state index contributed by atoms with van der Waals surface area (Å²) in [7, 11) is 0. The predicted molar refractivity (Wildman–Crippen MR) is 69.6 cm³/mol. The molecule has 0 atom stereocenters. The molecule has 1 aromatic rings. The molecule has 0 aromatic heterocycles. The number of aliphatic imine (C=N–C) groups is 1. The molecule has 0 saturated carbocycles. The second kappa shape index (κ2) is 4.64. The van der Waals surface area contributed by atoms with Gasteiger partial charge in [-0.05, 0) is 24.6 Å². The number of anilines is 1. The lowest BCUT2D eigenvalue weighted by molar-refractivity contribution is 1.17. The number of aryl methyl sites for hydroxylation is 1. The molecule has 5 heteroatoms. The van der Waals surface area contributed by atoms with Crippen molar-refractivity contribution >= 4 is 45.8 Å². The molecule has 1 aromatic carbocycles. The fraction of sp³-hybridized carbons (Fsp3) is 0.300. The van der Waals surface area contributed by atoms with Crippen molar-refractivity contribution in [2.24, 2.45) is 4.99 Å². The molecule has 0 fully saturated rings. The van der Waals surface area contributed by atoms with Gasteiger partial charge in [-0.2, -0.15) is 0 Å². The van der Waals surface area contributed by atoms with Gasteiger partial charge in [0, 0.05) is 10.8 Å². The van der Waals surface area contributed by atoms with E-state index >= 15 is 0 Å². The van der Waals surface area contributed by atoms with E-state index in [1.54, 1.807) is 11.8 Å². The summed E-state index contributed by atoms with van der Waals surface area (Å²) in [5.41, 5.74) is 1.80. The van der Waals surface area contributed by atoms with Gasteiger partial charge in [-0.15, -0.1) is 0 Å². The van der Waals surface area contributed by atoms with Crippen LogP contribution in [0.3, 0.4) is 0 Å². The van der Waals surface area contributed by atoms with Crippen LogP contribution in [0.15, 0.2) is 17.1 Å². The molecule has 0 bridgehead atoms. The van der Waals surface area contributed by atoms with Crippen LogP contribution in [0, 0.1) is 6.92 Å². The van der Waals surface area contributed by atoms with Crippen LogP contribution >= 0.6 is 35.0 Å². The molecule has 1 aliphatic rings. The smallest absolute Gasteiger partial charge is 0.161 e. The van der Waals surface area contributed by atoms with Gasteiger partial charge in [0.05, 0.1) is 17.3 Å². The van der Waals surface area contributed by atoms with Gasteiger partial charge in [-0.25, -0.2) is 0 Å². The maximum absolute atomic E-state index is 6.09. The van der Waals surface area contributed by atoms with Crippen molar-refractivity contribution in [1.29, 1.82) is 0 Å². The number of hydrogen-bond acceptors (Lipinski definition) is 3. The summed E-state index contributed by atoms with van der Waals surface area (Å²) in [4.78, 5) is 4.29. The summed E-state index contributed by atoms with van der Waals surface area (Å²) in [5, 5.41) is 5.47. The van der Waals surface area contributed by atoms with Crippen LogP contribution < -0.4 is 5.32 Å². The lowest BCUT2D eigenvalue weighted by Gasteiger charge is -2.09. The highest BCUT2D eigenvalue weighted by Crippen LogP contribution is 2.30. The van der Waals surface area contributed by atoms with Gasteiger partial charge in [0.1, 0.15) is 0 Å². The quantitative estimate of drug-likeness (QED) is 0.831. The molecule has 1 aliphatic heterocycles. The Labute approximate surface area is 103 Å². The molecule has 0 saturated heterocycles. The number of nitrogens with one attached hydrogen (secondary N) is 1. The van der Waals surface area contributed by atoms with E-state index in [-0.39, 0.29) is 0 Å². The summed E-state index contributed by atoms with van der Waals surface area (Å²) in [5.74, 6) is 1.03. The van der Waals surface area contributed by atoms with Crippen LogP contribution in [0.25, 0.3) is 0 Å². The van der Waals surface area contributed by atoms with E-state index in [4.69, 9.17) is 23.2 Å². The van der Waals surface area contributed by atoms with Gasteiger partial charge in [0.15, 0.2) is 5.17 Å². The first-order chi connectivity index (χ1) is 7.16. The Hall–Kier alpha value is -0.380. The van der Waals surface area contributed by atoms with Crippen LogP contribution in [-0.2, 0) is 0 Å². The maximum Gasteiger partial charge on any atom is 0.161 e. The van der Waals surface area contributed by atoms with Gasteiger partial charge in [-0.3, -0.25) is 4.99 Å². The molecule has 0 aliphatic carbocycles. The zero-order valence-electron chi connectivity index (χ0n) is 8.18. The number of hydrogen-bond donors (Lipinski definition) is 1. The van der Waals surface area contributed by atoms with Gasteiger partial charge in [0.25, 0.3) is 0 Å². The first-order valence-electron chi connectivity index (χ1n) is 4.57. The highest BCUT2D eigenvalue weighted by atomic mass is 35.5. The fourth-order valence-electron chi connectivity index (χ4n) is 1.27. The predicted octanol–water partition coefficient (Wildman–Crippen LogP) is 3.82. The third kappa shape index (κ3) is 2.60. The molecule has 2 nitrogen and oxygen atoms in total. The summed E-state index contributed by atoms with van der Waals surface area (Å²) in [6.07, 6.45) is 0. The average Bonchev–Trinajstić information content (AvgIpc) is 2.67. The molecule has 15 heavy (non-hydrogen) atoms. The average molecular weight is 261 g/mol. The van der Waals surface area contributed by atoms with Crippen molar-refractivity contribution in [1.82, 2.24) is 0 Å². The largest absolute Gasteiger partial charge is 0.334 e. The standard InChI is InChI=1S/C10H10Cl2N2S/c1-6-4-8(12)9(5-7(6)11)14-10-13-2-3-15-10/h4-5H,2-3H2,1H3,(H,13,14). The molecule has 2 rings (SSSR count). The van der Waals surface area contributed by atoms with E-state index in [0.29, 0.717) is 10.0 Å². The number of halogens is 2. The molecule has 1 heterocycles. The van der Waals surface area contributed by atoms with Gasteiger partial charge in [-0.1, -0.05) is 35.0 Å². The Bertz CT molecular complexity index is 418. The molecule has 0 unspecified atom stereocenters. The fourth-order valence-corrected chi connectivity index (χ4v) is 2.44. The second-order valence-corrected chi connectivity index (χ2v) is 5.14. The Morgan fingerprint density at radius 3 is 2.80 bits per heavy atom. The number of nitrogens with zero attached hydrogens (tertiary/aromatic N) is 1. The number of benzene rings is 1. The van der Waals surface area contributed by atoms with E-state index in [2.05, 4.69) is 10.3 Å². The van der Waals surface area contributed by atoms with Crippen LogP contribution in [0.2, 0.25) is 10.0 Å². The Kier molecular flexibility index (Phi) is 3.44. The molecule has 0 spiro atoms. The number of amidine groups is 1. The second-order valence-electron chi connectivity index (χ2n) is 3.24. The zero-order valence-corrected chi connectivity index (χ0v) is 10.5. The molecular formula is C10H10Cl2N2S. The van der Waals surface area contributed by atoms with Crippen molar-refractivity contribution in [3.05, 3.63) is 27.7 Å². The van der Waals surface area contributed by atoms with E-state index < -0.39 is 0 Å². The first-order valence-corrected chi connectivity index (χ1v) is 6.31. The van der Waals surface area contributed by atoms with Crippen molar-refractivity contribution in [2.45, 2.75) is 6.92 Å². The molecule has 1 N–H and O–H groups in total. The third-order valence-electron chi connectivity index (χ3n) is 2.08. The monoisotopic (exact) mass is 260 g/mol. The van der Waals surface area contributed by atoms with E-state index in [0.717, 1.165) is 28.7 Å². The highest BCUT2D eigenvalue weighted by molar-refractivity contribution is 8.14. The maximum atomic E-state index is 6.09. The van der Waals surface area contributed by atoms with E-state index in [1.807, 2.05) is 19.1 Å². The Balaban J connectivity index is 2.24. The van der Waals surface area contributed by atoms with Gasteiger partial charge in [0.2, 0.25) is 0 Å². The minimum atomic E-state index is 0.673. The van der Waals surface area contributed by atoms with Crippen LogP contribution in [-0.4, -0.2) is 17.5 Å². The molecular weight excluding hydrogens is 251 g/mol. The first kappa shape index (κ1) is 11.1. The van der Waals surface area contributed by atoms with E-state index in [9.17, 15) is 0 Å². The van der Waals surface area contributed by atoms with Crippen LogP contribution in [0.5, 0.6) is 0 Å². The lowest BCUT2D eigenvalue weighted by atomic mass is 10.2. The SMILES string of the molecule is Cc1cc(Cl)c(NC2=NCCS2)cc1Cl. The van der Waals surface area contributed by atoms with Gasteiger partial charge < -0.3 is 5.32 Å². The summed E-state index contributed by atoms with van der Waals surface area (Å²) >= 11 is 13.8. The van der Waals surface area contributed by atoms with Gasteiger partial charge >= 0.3 is 0 Å².